The molecule has 6 heteroatoms. The van der Waals surface area contributed by atoms with E-state index in [-0.39, 0.29) is 5.91 Å². The lowest BCUT2D eigenvalue weighted by Gasteiger charge is -2.32. The van der Waals surface area contributed by atoms with Crippen LogP contribution in [0.25, 0.3) is 0 Å². The smallest absolute Gasteiger partial charge is 0.283 e. The van der Waals surface area contributed by atoms with Gasteiger partial charge in [-0.3, -0.25) is 14.9 Å². The molecular formula is C10H17N5O. The third kappa shape index (κ3) is 2.40. The van der Waals surface area contributed by atoms with Gasteiger partial charge in [0.05, 0.1) is 0 Å². The van der Waals surface area contributed by atoms with Crippen LogP contribution in [0.2, 0.25) is 0 Å². The molecule has 0 saturated carbocycles. The Morgan fingerprint density at radius 3 is 2.56 bits per heavy atom. The van der Waals surface area contributed by atoms with Gasteiger partial charge in [-0.1, -0.05) is 0 Å². The van der Waals surface area contributed by atoms with Gasteiger partial charge in [-0.2, -0.15) is 5.10 Å². The predicted octanol–water partition coefficient (Wildman–Crippen LogP) is -0.688. The molecule has 2 heterocycles. The first-order valence-corrected chi connectivity index (χ1v) is 5.39. The number of likely N-dealkylation sites (N-methyl/N-ethyl adjacent to an activating group) is 1. The van der Waals surface area contributed by atoms with Crippen molar-refractivity contribution in [3.05, 3.63) is 18.0 Å². The summed E-state index contributed by atoms with van der Waals surface area (Å²) in [6, 6.07) is 1.71. The molecule has 1 saturated heterocycles. The average Bonchev–Trinajstić information content (AvgIpc) is 2.68. The van der Waals surface area contributed by atoms with Crippen LogP contribution in [0.1, 0.15) is 10.5 Å². The molecule has 0 unspecified atom stereocenters. The number of aromatic nitrogens is 2. The minimum atomic E-state index is -0.0930. The van der Waals surface area contributed by atoms with E-state index in [4.69, 9.17) is 0 Å². The Kier molecular flexibility index (Phi) is 3.21. The van der Waals surface area contributed by atoms with E-state index >= 15 is 0 Å². The molecule has 2 rings (SSSR count). The van der Waals surface area contributed by atoms with Crippen molar-refractivity contribution >= 4 is 5.91 Å². The normalized spacial score (nSPS) is 18.6. The van der Waals surface area contributed by atoms with Gasteiger partial charge in [-0.05, 0) is 13.1 Å². The first-order chi connectivity index (χ1) is 7.66. The second-order valence-corrected chi connectivity index (χ2v) is 4.07. The standard InChI is InChI=1S/C10H17N5O/c1-13-5-7-15(8-6-13)12-10(16)9-3-4-11-14(9)2/h3-4H,5-8H2,1-2H3,(H,12,16). The fraction of sp³-hybridized carbons (Fsp3) is 0.600. The molecule has 0 aliphatic carbocycles. The summed E-state index contributed by atoms with van der Waals surface area (Å²) in [5, 5.41) is 5.93. The van der Waals surface area contributed by atoms with E-state index in [2.05, 4.69) is 22.5 Å². The van der Waals surface area contributed by atoms with Gasteiger partial charge < -0.3 is 4.90 Å². The second kappa shape index (κ2) is 4.63. The van der Waals surface area contributed by atoms with Crippen LogP contribution >= 0.6 is 0 Å². The van der Waals surface area contributed by atoms with Crippen LogP contribution in [0.5, 0.6) is 0 Å². The Morgan fingerprint density at radius 2 is 2.00 bits per heavy atom. The van der Waals surface area contributed by atoms with Crippen molar-refractivity contribution < 1.29 is 4.79 Å². The lowest BCUT2D eigenvalue weighted by Crippen LogP contribution is -2.52. The largest absolute Gasteiger partial charge is 0.304 e. The summed E-state index contributed by atoms with van der Waals surface area (Å²) >= 11 is 0. The molecule has 1 aromatic heterocycles. The van der Waals surface area contributed by atoms with Crippen LogP contribution in [0.4, 0.5) is 0 Å². The van der Waals surface area contributed by atoms with Gasteiger partial charge in [0, 0.05) is 39.4 Å². The Hall–Kier alpha value is -1.40. The summed E-state index contributed by atoms with van der Waals surface area (Å²) in [5.41, 5.74) is 3.47. The van der Waals surface area contributed by atoms with E-state index in [0.29, 0.717) is 5.69 Å². The van der Waals surface area contributed by atoms with Crippen molar-refractivity contribution in [1.82, 2.24) is 25.1 Å². The maximum atomic E-state index is 11.8. The molecule has 88 valence electrons. The second-order valence-electron chi connectivity index (χ2n) is 4.07. The summed E-state index contributed by atoms with van der Waals surface area (Å²) in [6.07, 6.45) is 1.62. The Morgan fingerprint density at radius 1 is 1.31 bits per heavy atom. The number of rotatable bonds is 2. The fourth-order valence-corrected chi connectivity index (χ4v) is 1.72. The van der Waals surface area contributed by atoms with Crippen molar-refractivity contribution in [1.29, 1.82) is 0 Å². The summed E-state index contributed by atoms with van der Waals surface area (Å²) in [7, 11) is 3.85. The number of piperazine rings is 1. The van der Waals surface area contributed by atoms with Crippen molar-refractivity contribution in [2.45, 2.75) is 0 Å². The number of hydrogen-bond acceptors (Lipinski definition) is 4. The molecule has 0 aromatic carbocycles. The number of carbonyl (C=O) groups is 1. The van der Waals surface area contributed by atoms with Gasteiger partial charge in [0.1, 0.15) is 5.69 Å². The van der Waals surface area contributed by atoms with E-state index in [1.165, 1.54) is 0 Å². The first-order valence-electron chi connectivity index (χ1n) is 5.39. The predicted molar refractivity (Wildman–Crippen MR) is 59.7 cm³/mol. The number of hydrogen-bond donors (Lipinski definition) is 1. The molecule has 1 N–H and O–H groups in total. The molecule has 0 radical (unpaired) electrons. The number of hydrazine groups is 1. The molecule has 1 aliphatic heterocycles. The lowest BCUT2D eigenvalue weighted by molar-refractivity contribution is 0.0653. The lowest BCUT2D eigenvalue weighted by atomic mass is 10.4. The quantitative estimate of drug-likeness (QED) is 0.721. The van der Waals surface area contributed by atoms with Gasteiger partial charge in [-0.25, -0.2) is 5.01 Å². The van der Waals surface area contributed by atoms with Crippen molar-refractivity contribution in [2.75, 3.05) is 33.2 Å². The molecule has 6 nitrogen and oxygen atoms in total. The number of nitrogens with one attached hydrogen (secondary N) is 1. The average molecular weight is 223 g/mol. The Labute approximate surface area is 94.8 Å². The monoisotopic (exact) mass is 223 g/mol. The number of amides is 1. The summed E-state index contributed by atoms with van der Waals surface area (Å²) in [4.78, 5) is 14.1. The maximum Gasteiger partial charge on any atom is 0.283 e. The fourth-order valence-electron chi connectivity index (χ4n) is 1.72. The number of carbonyl (C=O) groups excluding carboxylic acids is 1. The number of nitrogens with zero attached hydrogens (tertiary/aromatic N) is 4. The third-order valence-electron chi connectivity index (χ3n) is 2.82. The van der Waals surface area contributed by atoms with Gasteiger partial charge in [0.25, 0.3) is 5.91 Å². The van der Waals surface area contributed by atoms with Crippen LogP contribution in [0.3, 0.4) is 0 Å². The van der Waals surface area contributed by atoms with Gasteiger partial charge in [0.15, 0.2) is 0 Å². The topological polar surface area (TPSA) is 53.4 Å². The molecular weight excluding hydrogens is 206 g/mol. The molecule has 0 atom stereocenters. The van der Waals surface area contributed by atoms with E-state index < -0.39 is 0 Å². The molecule has 1 aromatic rings. The molecule has 0 spiro atoms. The van der Waals surface area contributed by atoms with Crippen LogP contribution in [0, 0.1) is 0 Å². The van der Waals surface area contributed by atoms with Gasteiger partial charge in [0.2, 0.25) is 0 Å². The van der Waals surface area contributed by atoms with Crippen molar-refractivity contribution in [3.63, 3.8) is 0 Å². The summed E-state index contributed by atoms with van der Waals surface area (Å²) in [5.74, 6) is -0.0930. The van der Waals surface area contributed by atoms with Gasteiger partial charge in [-0.15, -0.1) is 0 Å². The van der Waals surface area contributed by atoms with E-state index in [0.717, 1.165) is 26.2 Å². The van der Waals surface area contributed by atoms with Crippen molar-refractivity contribution in [3.8, 4) is 0 Å². The van der Waals surface area contributed by atoms with E-state index in [1.54, 1.807) is 24.0 Å². The minimum absolute atomic E-state index is 0.0930. The highest BCUT2D eigenvalue weighted by Crippen LogP contribution is 1.99. The molecule has 1 amide bonds. The minimum Gasteiger partial charge on any atom is -0.304 e. The zero-order valence-electron chi connectivity index (χ0n) is 9.68. The highest BCUT2D eigenvalue weighted by atomic mass is 16.2. The van der Waals surface area contributed by atoms with Crippen LogP contribution in [-0.2, 0) is 7.05 Å². The highest BCUT2D eigenvalue weighted by Gasteiger charge is 2.17. The van der Waals surface area contributed by atoms with Crippen LogP contribution in [0.15, 0.2) is 12.3 Å². The Balaban J connectivity index is 1.91. The van der Waals surface area contributed by atoms with Gasteiger partial charge >= 0.3 is 0 Å². The molecule has 1 aliphatic rings. The summed E-state index contributed by atoms with van der Waals surface area (Å²) < 4.78 is 1.57. The van der Waals surface area contributed by atoms with E-state index in [1.807, 2.05) is 5.01 Å². The Bertz CT molecular complexity index is 367. The SMILES string of the molecule is CN1CCN(NC(=O)c2ccnn2C)CC1. The third-order valence-corrected chi connectivity index (χ3v) is 2.82. The molecule has 1 fully saturated rings. The van der Waals surface area contributed by atoms with Crippen molar-refractivity contribution in [2.24, 2.45) is 7.05 Å². The molecule has 0 bridgehead atoms. The number of aryl methyl sites for hydroxylation is 1. The highest BCUT2D eigenvalue weighted by molar-refractivity contribution is 5.92. The summed E-state index contributed by atoms with van der Waals surface area (Å²) in [6.45, 7) is 3.68. The van der Waals surface area contributed by atoms with Crippen LogP contribution in [-0.4, -0.2) is 58.8 Å². The maximum absolute atomic E-state index is 11.8. The first kappa shape index (κ1) is 11.1. The zero-order chi connectivity index (χ0) is 11.5. The molecule has 16 heavy (non-hydrogen) atoms. The van der Waals surface area contributed by atoms with E-state index in [9.17, 15) is 4.79 Å². The zero-order valence-corrected chi connectivity index (χ0v) is 9.68. The van der Waals surface area contributed by atoms with Crippen LogP contribution < -0.4 is 5.43 Å².